The molecule has 0 saturated carbocycles. The molecule has 2 heterocycles. The summed E-state index contributed by atoms with van der Waals surface area (Å²) in [5.74, 6) is 0. The topological polar surface area (TPSA) is 39.1 Å². The number of hydrogen-bond donors (Lipinski definition) is 1. The predicted molar refractivity (Wildman–Crippen MR) is 78.7 cm³/mol. The first kappa shape index (κ1) is 13.3. The zero-order chi connectivity index (χ0) is 13.8. The van der Waals surface area contributed by atoms with Gasteiger partial charge in [0, 0.05) is 19.6 Å². The van der Waals surface area contributed by atoms with Crippen LogP contribution in [0.25, 0.3) is 0 Å². The Morgan fingerprint density at radius 3 is 3.10 bits per heavy atom. The van der Waals surface area contributed by atoms with Gasteiger partial charge in [0.1, 0.15) is 6.10 Å². The Labute approximate surface area is 119 Å². The summed E-state index contributed by atoms with van der Waals surface area (Å²) >= 11 is 0. The minimum absolute atomic E-state index is 0.128. The van der Waals surface area contributed by atoms with Crippen molar-refractivity contribution in [1.29, 1.82) is 0 Å². The predicted octanol–water partition coefficient (Wildman–Crippen LogP) is 2.10. The van der Waals surface area contributed by atoms with E-state index in [1.165, 1.54) is 16.8 Å². The van der Waals surface area contributed by atoms with Gasteiger partial charge in [-0.1, -0.05) is 24.3 Å². The lowest BCUT2D eigenvalue weighted by Gasteiger charge is -2.24. The summed E-state index contributed by atoms with van der Waals surface area (Å²) in [6.07, 6.45) is 4.99. The molecule has 1 saturated heterocycles. The van der Waals surface area contributed by atoms with Crippen LogP contribution in [0.5, 0.6) is 0 Å². The van der Waals surface area contributed by atoms with Crippen molar-refractivity contribution in [2.75, 3.05) is 19.7 Å². The SMILES string of the molecule is Cc1ccccc1CCn1cncc1C1CNCCO1. The molecule has 1 N–H and O–H groups in total. The molecule has 4 nitrogen and oxygen atoms in total. The first-order chi connectivity index (χ1) is 9.84. The second-order valence-electron chi connectivity index (χ2n) is 5.25. The molecule has 1 aromatic heterocycles. The average molecular weight is 271 g/mol. The maximum atomic E-state index is 5.82. The van der Waals surface area contributed by atoms with Gasteiger partial charge >= 0.3 is 0 Å². The van der Waals surface area contributed by atoms with E-state index in [1.807, 2.05) is 12.5 Å². The molecular weight excluding hydrogens is 250 g/mol. The number of nitrogens with one attached hydrogen (secondary N) is 1. The summed E-state index contributed by atoms with van der Waals surface area (Å²) in [5.41, 5.74) is 3.92. The van der Waals surface area contributed by atoms with Gasteiger partial charge in [-0.2, -0.15) is 0 Å². The number of imidazole rings is 1. The van der Waals surface area contributed by atoms with E-state index in [-0.39, 0.29) is 6.10 Å². The van der Waals surface area contributed by atoms with E-state index in [4.69, 9.17) is 4.74 Å². The van der Waals surface area contributed by atoms with Gasteiger partial charge in [0.15, 0.2) is 0 Å². The molecule has 0 bridgehead atoms. The number of benzene rings is 1. The third kappa shape index (κ3) is 2.92. The Morgan fingerprint density at radius 1 is 1.40 bits per heavy atom. The zero-order valence-electron chi connectivity index (χ0n) is 11.9. The standard InChI is InChI=1S/C16H21N3O/c1-13-4-2-3-5-14(13)6-8-19-12-18-10-15(19)16-11-17-7-9-20-16/h2-5,10,12,16-17H,6-9,11H2,1H3. The molecule has 1 unspecified atom stereocenters. The minimum atomic E-state index is 0.128. The monoisotopic (exact) mass is 271 g/mol. The second-order valence-corrected chi connectivity index (χ2v) is 5.25. The Kier molecular flexibility index (Phi) is 4.14. The fourth-order valence-electron chi connectivity index (χ4n) is 2.67. The van der Waals surface area contributed by atoms with Crippen LogP contribution >= 0.6 is 0 Å². The molecule has 1 fully saturated rings. The van der Waals surface area contributed by atoms with Crippen LogP contribution in [0.15, 0.2) is 36.8 Å². The molecule has 0 amide bonds. The van der Waals surface area contributed by atoms with E-state index in [2.05, 4.69) is 46.1 Å². The molecule has 4 heteroatoms. The highest BCUT2D eigenvalue weighted by atomic mass is 16.5. The van der Waals surface area contributed by atoms with Crippen LogP contribution in [-0.4, -0.2) is 29.2 Å². The quantitative estimate of drug-likeness (QED) is 0.925. The molecule has 3 rings (SSSR count). The lowest BCUT2D eigenvalue weighted by Crippen LogP contribution is -2.34. The lowest BCUT2D eigenvalue weighted by molar-refractivity contribution is 0.0228. The van der Waals surface area contributed by atoms with E-state index in [0.29, 0.717) is 0 Å². The molecule has 0 radical (unpaired) electrons. The van der Waals surface area contributed by atoms with Crippen molar-refractivity contribution in [2.45, 2.75) is 26.0 Å². The van der Waals surface area contributed by atoms with Gasteiger partial charge in [0.05, 0.1) is 24.8 Å². The Hall–Kier alpha value is -1.65. The number of aryl methyl sites for hydroxylation is 3. The molecule has 20 heavy (non-hydrogen) atoms. The number of hydrogen-bond acceptors (Lipinski definition) is 3. The first-order valence-electron chi connectivity index (χ1n) is 7.21. The van der Waals surface area contributed by atoms with Crippen LogP contribution in [0, 0.1) is 6.92 Å². The Bertz CT molecular complexity index is 558. The summed E-state index contributed by atoms with van der Waals surface area (Å²) in [7, 11) is 0. The van der Waals surface area contributed by atoms with E-state index >= 15 is 0 Å². The summed E-state index contributed by atoms with van der Waals surface area (Å²) < 4.78 is 8.03. The highest BCUT2D eigenvalue weighted by Crippen LogP contribution is 2.19. The molecule has 1 aliphatic heterocycles. The van der Waals surface area contributed by atoms with Crippen LogP contribution in [0.2, 0.25) is 0 Å². The molecule has 1 aliphatic rings. The molecule has 106 valence electrons. The van der Waals surface area contributed by atoms with E-state index in [1.54, 1.807) is 0 Å². The van der Waals surface area contributed by atoms with Gasteiger partial charge in [-0.15, -0.1) is 0 Å². The Morgan fingerprint density at radius 2 is 2.30 bits per heavy atom. The smallest absolute Gasteiger partial charge is 0.111 e. The summed E-state index contributed by atoms with van der Waals surface area (Å²) in [6.45, 7) is 5.69. The maximum absolute atomic E-state index is 5.82. The van der Waals surface area contributed by atoms with Crippen molar-refractivity contribution in [2.24, 2.45) is 0 Å². The van der Waals surface area contributed by atoms with Crippen molar-refractivity contribution < 1.29 is 4.74 Å². The number of ether oxygens (including phenoxy) is 1. The van der Waals surface area contributed by atoms with Crippen molar-refractivity contribution in [3.8, 4) is 0 Å². The normalized spacial score (nSPS) is 19.1. The Balaban J connectivity index is 1.69. The molecule has 0 aliphatic carbocycles. The molecule has 0 spiro atoms. The molecule has 2 aromatic rings. The van der Waals surface area contributed by atoms with Gasteiger partial charge in [-0.3, -0.25) is 0 Å². The van der Waals surface area contributed by atoms with Gasteiger partial charge in [-0.05, 0) is 24.5 Å². The second kappa shape index (κ2) is 6.20. The van der Waals surface area contributed by atoms with E-state index in [0.717, 1.165) is 32.7 Å². The van der Waals surface area contributed by atoms with Gasteiger partial charge in [-0.25, -0.2) is 4.98 Å². The summed E-state index contributed by atoms with van der Waals surface area (Å²) in [5, 5.41) is 3.37. The number of aromatic nitrogens is 2. The highest BCUT2D eigenvalue weighted by Gasteiger charge is 2.19. The number of nitrogens with zero attached hydrogens (tertiary/aromatic N) is 2. The average Bonchev–Trinajstić information content (AvgIpc) is 2.96. The summed E-state index contributed by atoms with van der Waals surface area (Å²) in [4.78, 5) is 4.29. The fourth-order valence-corrected chi connectivity index (χ4v) is 2.67. The number of morpholine rings is 1. The minimum Gasteiger partial charge on any atom is -0.369 e. The highest BCUT2D eigenvalue weighted by molar-refractivity contribution is 5.25. The molecule has 1 aromatic carbocycles. The van der Waals surface area contributed by atoms with E-state index in [9.17, 15) is 0 Å². The van der Waals surface area contributed by atoms with Crippen molar-refractivity contribution in [3.05, 3.63) is 53.6 Å². The molecule has 1 atom stereocenters. The first-order valence-corrected chi connectivity index (χ1v) is 7.21. The molecular formula is C16H21N3O. The summed E-state index contributed by atoms with van der Waals surface area (Å²) in [6, 6.07) is 8.55. The van der Waals surface area contributed by atoms with Crippen LogP contribution in [0.1, 0.15) is 22.9 Å². The van der Waals surface area contributed by atoms with Crippen LogP contribution in [0.4, 0.5) is 0 Å². The van der Waals surface area contributed by atoms with Crippen molar-refractivity contribution in [1.82, 2.24) is 14.9 Å². The van der Waals surface area contributed by atoms with Gasteiger partial charge < -0.3 is 14.6 Å². The van der Waals surface area contributed by atoms with Gasteiger partial charge in [0.2, 0.25) is 0 Å². The van der Waals surface area contributed by atoms with Crippen LogP contribution < -0.4 is 5.32 Å². The number of rotatable bonds is 4. The van der Waals surface area contributed by atoms with Crippen molar-refractivity contribution >= 4 is 0 Å². The maximum Gasteiger partial charge on any atom is 0.111 e. The van der Waals surface area contributed by atoms with E-state index < -0.39 is 0 Å². The fraction of sp³-hybridized carbons (Fsp3) is 0.438. The third-order valence-electron chi connectivity index (χ3n) is 3.89. The largest absolute Gasteiger partial charge is 0.369 e. The lowest BCUT2D eigenvalue weighted by atomic mass is 10.1. The van der Waals surface area contributed by atoms with Gasteiger partial charge in [0.25, 0.3) is 0 Å². The van der Waals surface area contributed by atoms with Crippen LogP contribution in [0.3, 0.4) is 0 Å². The van der Waals surface area contributed by atoms with Crippen molar-refractivity contribution in [3.63, 3.8) is 0 Å². The zero-order valence-corrected chi connectivity index (χ0v) is 11.9. The third-order valence-corrected chi connectivity index (χ3v) is 3.89. The van der Waals surface area contributed by atoms with Crippen LogP contribution in [-0.2, 0) is 17.7 Å².